The number of ether oxygens (including phenoxy) is 1. The van der Waals surface area contributed by atoms with Crippen molar-refractivity contribution in [1.29, 1.82) is 0 Å². The molecule has 2 aromatic rings. The summed E-state index contributed by atoms with van der Waals surface area (Å²) in [5.41, 5.74) is 1.96. The molecule has 1 aromatic carbocycles. The fraction of sp³-hybridized carbons (Fsp3) is 0.444. The molecule has 0 saturated carbocycles. The molecular weight excluding hydrogens is 342 g/mol. The smallest absolute Gasteiger partial charge is 0.250 e. The number of aromatic nitrogens is 2. The molecule has 0 aliphatic carbocycles. The van der Waals surface area contributed by atoms with Gasteiger partial charge in [-0.15, -0.1) is 4.37 Å². The molecule has 2 fully saturated rings. The van der Waals surface area contributed by atoms with Crippen molar-refractivity contribution >= 4 is 23.3 Å². The van der Waals surface area contributed by atoms with E-state index in [-0.39, 0.29) is 0 Å². The Morgan fingerprint density at radius 3 is 2.96 bits per heavy atom. The van der Waals surface area contributed by atoms with Gasteiger partial charge in [0.2, 0.25) is 5.88 Å². The van der Waals surface area contributed by atoms with Crippen LogP contribution in [-0.2, 0) is 0 Å². The number of fused-ring (bicyclic) bond motifs is 2. The van der Waals surface area contributed by atoms with Crippen molar-refractivity contribution < 1.29 is 4.74 Å². The Balaban J connectivity index is 1.40. The van der Waals surface area contributed by atoms with E-state index in [4.69, 9.17) is 16.3 Å². The van der Waals surface area contributed by atoms with Crippen LogP contribution in [0, 0.1) is 17.8 Å². The summed E-state index contributed by atoms with van der Waals surface area (Å²) in [6.07, 6.45) is 2.58. The van der Waals surface area contributed by atoms with E-state index >= 15 is 0 Å². The SMILES string of the molecule is Clc1ccc(C#CCOc2nsnc2[C@H]2CN3CCC[C@H]2C3)cc1. The Morgan fingerprint density at radius 1 is 1.25 bits per heavy atom. The first-order chi connectivity index (χ1) is 11.8. The first-order valence-electron chi connectivity index (χ1n) is 8.21. The molecule has 0 radical (unpaired) electrons. The van der Waals surface area contributed by atoms with E-state index in [1.807, 2.05) is 24.3 Å². The summed E-state index contributed by atoms with van der Waals surface area (Å²) in [5, 5.41) is 0.715. The lowest BCUT2D eigenvalue weighted by molar-refractivity contribution is 0.269. The predicted octanol–water partition coefficient (Wildman–Crippen LogP) is 3.43. The van der Waals surface area contributed by atoms with Crippen LogP contribution < -0.4 is 4.74 Å². The standard InChI is InChI=1S/C18H18ClN3OS/c19-15-7-5-13(6-8-15)3-2-10-23-18-17(20-24-21-18)16-12-22-9-1-4-14(16)11-22/h5-8,14,16H,1,4,9-12H2/t14-,16-/m0/s1. The molecule has 124 valence electrons. The summed E-state index contributed by atoms with van der Waals surface area (Å²) in [6, 6.07) is 7.47. The second-order valence-electron chi connectivity index (χ2n) is 6.32. The number of benzene rings is 1. The molecule has 0 N–H and O–H groups in total. The van der Waals surface area contributed by atoms with Crippen LogP contribution in [0.15, 0.2) is 24.3 Å². The summed E-state index contributed by atoms with van der Waals surface area (Å²) in [6.45, 7) is 3.82. The zero-order chi connectivity index (χ0) is 16.4. The summed E-state index contributed by atoms with van der Waals surface area (Å²) >= 11 is 7.11. The van der Waals surface area contributed by atoms with Crippen molar-refractivity contribution in [2.75, 3.05) is 26.2 Å². The van der Waals surface area contributed by atoms with Crippen LogP contribution >= 0.6 is 23.3 Å². The van der Waals surface area contributed by atoms with Crippen molar-refractivity contribution in [3.63, 3.8) is 0 Å². The summed E-state index contributed by atoms with van der Waals surface area (Å²) in [4.78, 5) is 2.53. The van der Waals surface area contributed by atoms with Crippen molar-refractivity contribution in [3.8, 4) is 17.7 Å². The normalized spacial score (nSPS) is 25.1. The minimum atomic E-state index is 0.322. The lowest BCUT2D eigenvalue weighted by Crippen LogP contribution is -2.25. The highest BCUT2D eigenvalue weighted by Crippen LogP contribution is 2.40. The van der Waals surface area contributed by atoms with Crippen molar-refractivity contribution in [2.45, 2.75) is 18.8 Å². The van der Waals surface area contributed by atoms with E-state index in [2.05, 4.69) is 25.5 Å². The van der Waals surface area contributed by atoms with Gasteiger partial charge in [-0.1, -0.05) is 23.4 Å². The molecule has 1 aromatic heterocycles. The molecule has 1 unspecified atom stereocenters. The van der Waals surface area contributed by atoms with E-state index < -0.39 is 0 Å². The number of hydrogen-bond donors (Lipinski definition) is 0. The van der Waals surface area contributed by atoms with Gasteiger partial charge >= 0.3 is 0 Å². The van der Waals surface area contributed by atoms with Gasteiger partial charge in [0.1, 0.15) is 5.69 Å². The molecule has 2 aliphatic rings. The third-order valence-corrected chi connectivity index (χ3v) is 5.53. The van der Waals surface area contributed by atoms with Crippen LogP contribution in [0.1, 0.15) is 30.0 Å². The zero-order valence-electron chi connectivity index (χ0n) is 13.2. The molecule has 2 bridgehead atoms. The van der Waals surface area contributed by atoms with Gasteiger partial charge in [-0.05, 0) is 49.6 Å². The van der Waals surface area contributed by atoms with Gasteiger partial charge in [0.05, 0.1) is 11.7 Å². The van der Waals surface area contributed by atoms with Gasteiger partial charge in [0.25, 0.3) is 0 Å². The fourth-order valence-electron chi connectivity index (χ4n) is 3.61. The maximum absolute atomic E-state index is 5.87. The first kappa shape index (κ1) is 15.9. The fourth-order valence-corrected chi connectivity index (χ4v) is 4.30. The first-order valence-corrected chi connectivity index (χ1v) is 9.32. The summed E-state index contributed by atoms with van der Waals surface area (Å²) in [5.74, 6) is 7.94. The van der Waals surface area contributed by atoms with Gasteiger partial charge in [-0.3, -0.25) is 0 Å². The monoisotopic (exact) mass is 359 g/mol. The molecule has 24 heavy (non-hydrogen) atoms. The lowest BCUT2D eigenvalue weighted by Gasteiger charge is -2.21. The molecule has 0 amide bonds. The van der Waals surface area contributed by atoms with Crippen LogP contribution in [0.5, 0.6) is 5.88 Å². The summed E-state index contributed by atoms with van der Waals surface area (Å²) < 4.78 is 14.7. The number of hydrogen-bond acceptors (Lipinski definition) is 5. The second kappa shape index (κ2) is 7.10. The molecule has 4 rings (SSSR count). The Kier molecular flexibility index (Phi) is 4.70. The lowest BCUT2D eigenvalue weighted by atomic mass is 9.89. The molecule has 3 atom stereocenters. The highest BCUT2D eigenvalue weighted by molar-refractivity contribution is 6.99. The van der Waals surface area contributed by atoms with Gasteiger partial charge in [-0.2, -0.15) is 4.37 Å². The molecule has 0 spiro atoms. The van der Waals surface area contributed by atoms with E-state index in [1.54, 1.807) is 0 Å². The van der Waals surface area contributed by atoms with Crippen molar-refractivity contribution in [1.82, 2.24) is 13.6 Å². The Bertz CT molecular complexity index is 765. The highest BCUT2D eigenvalue weighted by atomic mass is 35.5. The number of rotatable bonds is 3. The molecule has 4 nitrogen and oxygen atoms in total. The number of halogens is 1. The van der Waals surface area contributed by atoms with E-state index in [1.165, 1.54) is 37.7 Å². The summed E-state index contributed by atoms with van der Waals surface area (Å²) in [7, 11) is 0. The van der Waals surface area contributed by atoms with Gasteiger partial charge < -0.3 is 9.64 Å². The predicted molar refractivity (Wildman–Crippen MR) is 95.6 cm³/mol. The van der Waals surface area contributed by atoms with Gasteiger partial charge in [0.15, 0.2) is 6.61 Å². The maximum Gasteiger partial charge on any atom is 0.250 e. The van der Waals surface area contributed by atoms with E-state index in [0.717, 1.165) is 17.8 Å². The Hall–Kier alpha value is -1.61. The number of nitrogens with zero attached hydrogens (tertiary/aromatic N) is 3. The maximum atomic E-state index is 5.87. The third kappa shape index (κ3) is 3.41. The van der Waals surface area contributed by atoms with Crippen LogP contribution in [0.25, 0.3) is 0 Å². The van der Waals surface area contributed by atoms with Crippen LogP contribution in [0.2, 0.25) is 5.02 Å². The molecule has 3 heterocycles. The Morgan fingerprint density at radius 2 is 2.12 bits per heavy atom. The zero-order valence-corrected chi connectivity index (χ0v) is 14.8. The van der Waals surface area contributed by atoms with Gasteiger partial charge in [0, 0.05) is 29.6 Å². The molecule has 2 aliphatic heterocycles. The molecular formula is C18H18ClN3OS. The Labute approximate surface area is 151 Å². The van der Waals surface area contributed by atoms with E-state index in [0.29, 0.717) is 29.3 Å². The van der Waals surface area contributed by atoms with Crippen molar-refractivity contribution in [2.24, 2.45) is 5.92 Å². The minimum absolute atomic E-state index is 0.322. The van der Waals surface area contributed by atoms with Crippen LogP contribution in [0.3, 0.4) is 0 Å². The van der Waals surface area contributed by atoms with Crippen LogP contribution in [0.4, 0.5) is 0 Å². The largest absolute Gasteiger partial charge is 0.463 e. The molecule has 6 heteroatoms. The quantitative estimate of drug-likeness (QED) is 0.787. The third-order valence-electron chi connectivity index (χ3n) is 4.76. The van der Waals surface area contributed by atoms with Crippen LogP contribution in [-0.4, -0.2) is 39.9 Å². The number of piperidine rings is 1. The minimum Gasteiger partial charge on any atom is -0.463 e. The average molecular weight is 360 g/mol. The van der Waals surface area contributed by atoms with E-state index in [9.17, 15) is 0 Å². The van der Waals surface area contributed by atoms with Gasteiger partial charge in [-0.25, -0.2) is 0 Å². The molecule has 2 saturated heterocycles. The van der Waals surface area contributed by atoms with Crippen molar-refractivity contribution in [3.05, 3.63) is 40.5 Å². The topological polar surface area (TPSA) is 38.3 Å². The highest BCUT2D eigenvalue weighted by Gasteiger charge is 2.39. The second-order valence-corrected chi connectivity index (χ2v) is 7.29. The average Bonchev–Trinajstić information content (AvgIpc) is 3.17.